The number of unbranched alkanes of at least 4 members (excludes halogenated alkanes) is 1. The lowest BCUT2D eigenvalue weighted by atomic mass is 10.1. The number of aryl methyl sites for hydroxylation is 1. The van der Waals surface area contributed by atoms with Gasteiger partial charge in [0.25, 0.3) is 0 Å². The number of halogens is 1. The first-order valence-electron chi connectivity index (χ1n) is 10.4. The van der Waals surface area contributed by atoms with Gasteiger partial charge < -0.3 is 19.9 Å². The van der Waals surface area contributed by atoms with Gasteiger partial charge in [-0.2, -0.15) is 0 Å². The number of hydrogen-bond acceptors (Lipinski definition) is 4. The largest absolute Gasteiger partial charge is 0.494 e. The second kappa shape index (κ2) is 15.1. The highest BCUT2D eigenvalue weighted by Gasteiger charge is 2.02. The van der Waals surface area contributed by atoms with Crippen molar-refractivity contribution in [1.29, 1.82) is 0 Å². The maximum Gasteiger partial charge on any atom is 0.191 e. The highest BCUT2D eigenvalue weighted by atomic mass is 127. The molecule has 1 aromatic heterocycles. The molecule has 0 spiro atoms. The molecule has 1 heterocycles. The second-order valence-corrected chi connectivity index (χ2v) is 6.58. The van der Waals surface area contributed by atoms with E-state index in [0.717, 1.165) is 76.0 Å². The maximum atomic E-state index is 5.71. The zero-order valence-corrected chi connectivity index (χ0v) is 20.2. The minimum absolute atomic E-state index is 0. The number of nitrogens with one attached hydrogen (secondary N) is 2. The van der Waals surface area contributed by atoms with Crippen molar-refractivity contribution >= 4 is 29.9 Å². The smallest absolute Gasteiger partial charge is 0.191 e. The van der Waals surface area contributed by atoms with E-state index < -0.39 is 0 Å². The summed E-state index contributed by atoms with van der Waals surface area (Å²) in [6.45, 7) is 10.3. The molecule has 0 fully saturated rings. The number of guanidine groups is 1. The molecule has 0 amide bonds. The molecule has 0 saturated carbocycles. The van der Waals surface area contributed by atoms with Crippen LogP contribution in [0.2, 0.25) is 0 Å². The Labute approximate surface area is 191 Å². The van der Waals surface area contributed by atoms with Gasteiger partial charge >= 0.3 is 0 Å². The van der Waals surface area contributed by atoms with Gasteiger partial charge in [0.2, 0.25) is 0 Å². The molecule has 0 aliphatic heterocycles. The Bertz CT molecular complexity index is 701. The number of benzene rings is 1. The van der Waals surface area contributed by atoms with E-state index in [0.29, 0.717) is 0 Å². The standard InChI is InChI=1S/C21H34N6O.HI/c1-4-7-16-28-19-10-8-18(9-11-19)12-13-23-21(22-6-3)24-14-15-27-17-25-26-20(27)5-2;/h8-11,17H,4-7,12-16H2,1-3H3,(H2,22,23,24);1H. The summed E-state index contributed by atoms with van der Waals surface area (Å²) in [7, 11) is 0. The molecule has 0 radical (unpaired) electrons. The third kappa shape index (κ3) is 9.47. The van der Waals surface area contributed by atoms with Gasteiger partial charge in [-0.3, -0.25) is 4.99 Å². The maximum absolute atomic E-state index is 5.71. The minimum atomic E-state index is 0. The van der Waals surface area contributed by atoms with E-state index in [4.69, 9.17) is 4.74 Å². The van der Waals surface area contributed by atoms with E-state index in [1.54, 1.807) is 6.33 Å². The van der Waals surface area contributed by atoms with Gasteiger partial charge in [-0.15, -0.1) is 34.2 Å². The Morgan fingerprint density at radius 2 is 1.93 bits per heavy atom. The summed E-state index contributed by atoms with van der Waals surface area (Å²) in [5.74, 6) is 2.79. The molecule has 0 bridgehead atoms. The predicted molar refractivity (Wildman–Crippen MR) is 129 cm³/mol. The number of aliphatic imine (C=N–C) groups is 1. The molecule has 0 atom stereocenters. The van der Waals surface area contributed by atoms with Crippen molar-refractivity contribution in [2.24, 2.45) is 4.99 Å². The number of hydrogen-bond donors (Lipinski definition) is 2. The van der Waals surface area contributed by atoms with Crippen LogP contribution in [-0.4, -0.2) is 47.0 Å². The molecule has 7 nitrogen and oxygen atoms in total. The fraction of sp³-hybridized carbons (Fsp3) is 0.571. The van der Waals surface area contributed by atoms with Crippen molar-refractivity contribution in [2.45, 2.75) is 53.0 Å². The lowest BCUT2D eigenvalue weighted by Crippen LogP contribution is -2.39. The Kier molecular flexibility index (Phi) is 13.1. The molecule has 29 heavy (non-hydrogen) atoms. The van der Waals surface area contributed by atoms with E-state index in [1.807, 2.05) is 12.1 Å². The molecular weight excluding hydrogens is 479 g/mol. The summed E-state index contributed by atoms with van der Waals surface area (Å²) >= 11 is 0. The minimum Gasteiger partial charge on any atom is -0.494 e. The van der Waals surface area contributed by atoms with Gasteiger partial charge in [0.1, 0.15) is 17.9 Å². The van der Waals surface area contributed by atoms with Crippen molar-refractivity contribution in [1.82, 2.24) is 25.4 Å². The highest BCUT2D eigenvalue weighted by Crippen LogP contribution is 2.13. The monoisotopic (exact) mass is 514 g/mol. The fourth-order valence-corrected chi connectivity index (χ4v) is 2.76. The Morgan fingerprint density at radius 1 is 1.14 bits per heavy atom. The van der Waals surface area contributed by atoms with E-state index >= 15 is 0 Å². The number of aromatic nitrogens is 3. The fourth-order valence-electron chi connectivity index (χ4n) is 2.76. The van der Waals surface area contributed by atoms with Crippen molar-refractivity contribution in [3.05, 3.63) is 42.0 Å². The van der Waals surface area contributed by atoms with Gasteiger partial charge in [0.05, 0.1) is 6.61 Å². The molecule has 162 valence electrons. The number of nitrogens with zero attached hydrogens (tertiary/aromatic N) is 4. The van der Waals surface area contributed by atoms with Crippen LogP contribution >= 0.6 is 24.0 Å². The van der Waals surface area contributed by atoms with E-state index in [-0.39, 0.29) is 24.0 Å². The average Bonchev–Trinajstić information content (AvgIpc) is 3.17. The van der Waals surface area contributed by atoms with Crippen LogP contribution in [0.4, 0.5) is 0 Å². The van der Waals surface area contributed by atoms with Crippen molar-refractivity contribution in [3.8, 4) is 5.75 Å². The molecule has 2 aromatic rings. The van der Waals surface area contributed by atoms with Gasteiger partial charge in [-0.05, 0) is 37.5 Å². The van der Waals surface area contributed by atoms with Crippen LogP contribution in [0.15, 0.2) is 35.6 Å². The lowest BCUT2D eigenvalue weighted by Gasteiger charge is -2.12. The molecule has 2 N–H and O–H groups in total. The Balaban J connectivity index is 0.00000420. The van der Waals surface area contributed by atoms with Gasteiger partial charge in [0.15, 0.2) is 5.96 Å². The summed E-state index contributed by atoms with van der Waals surface area (Å²) in [4.78, 5) is 4.68. The summed E-state index contributed by atoms with van der Waals surface area (Å²) < 4.78 is 7.78. The average molecular weight is 514 g/mol. The summed E-state index contributed by atoms with van der Waals surface area (Å²) in [6, 6.07) is 8.33. The predicted octanol–water partition coefficient (Wildman–Crippen LogP) is 3.44. The van der Waals surface area contributed by atoms with Crippen LogP contribution in [0.3, 0.4) is 0 Å². The number of ether oxygens (including phenoxy) is 1. The third-order valence-electron chi connectivity index (χ3n) is 4.36. The molecular formula is C21H35IN6O. The summed E-state index contributed by atoms with van der Waals surface area (Å²) in [5, 5.41) is 14.7. The van der Waals surface area contributed by atoms with Crippen LogP contribution in [0.25, 0.3) is 0 Å². The van der Waals surface area contributed by atoms with Gasteiger partial charge in [0, 0.05) is 32.6 Å². The molecule has 0 saturated heterocycles. The normalized spacial score (nSPS) is 11.1. The first-order chi connectivity index (χ1) is 13.8. The van der Waals surface area contributed by atoms with Gasteiger partial charge in [-0.1, -0.05) is 32.4 Å². The number of rotatable bonds is 12. The van der Waals surface area contributed by atoms with Crippen LogP contribution < -0.4 is 15.4 Å². The first kappa shape index (κ1) is 25.2. The molecule has 0 aliphatic carbocycles. The SMILES string of the molecule is CCCCOc1ccc(CCN=C(NCC)NCCn2cnnc2CC)cc1.I. The first-order valence-corrected chi connectivity index (χ1v) is 10.4. The zero-order valence-electron chi connectivity index (χ0n) is 17.9. The lowest BCUT2D eigenvalue weighted by molar-refractivity contribution is 0.309. The van der Waals surface area contributed by atoms with Crippen LogP contribution in [0, 0.1) is 0 Å². The Morgan fingerprint density at radius 3 is 2.62 bits per heavy atom. The quantitative estimate of drug-likeness (QED) is 0.197. The topological polar surface area (TPSA) is 76.4 Å². The second-order valence-electron chi connectivity index (χ2n) is 6.58. The molecule has 0 aliphatic rings. The van der Waals surface area contributed by atoms with E-state index in [1.165, 1.54) is 5.56 Å². The zero-order chi connectivity index (χ0) is 20.0. The van der Waals surface area contributed by atoms with Crippen molar-refractivity contribution in [3.63, 3.8) is 0 Å². The molecule has 1 aromatic carbocycles. The van der Waals surface area contributed by atoms with Gasteiger partial charge in [-0.25, -0.2) is 0 Å². The van der Waals surface area contributed by atoms with E-state index in [2.05, 4.69) is 63.3 Å². The van der Waals surface area contributed by atoms with Crippen LogP contribution in [0.1, 0.15) is 45.0 Å². The van der Waals surface area contributed by atoms with Crippen molar-refractivity contribution in [2.75, 3.05) is 26.2 Å². The van der Waals surface area contributed by atoms with Crippen LogP contribution in [-0.2, 0) is 19.4 Å². The van der Waals surface area contributed by atoms with Crippen molar-refractivity contribution < 1.29 is 4.74 Å². The third-order valence-corrected chi connectivity index (χ3v) is 4.36. The molecule has 2 rings (SSSR count). The highest BCUT2D eigenvalue weighted by molar-refractivity contribution is 14.0. The summed E-state index contributed by atoms with van der Waals surface area (Å²) in [6.07, 6.45) is 5.80. The molecule has 8 heteroatoms. The Hall–Kier alpha value is -1.84. The molecule has 0 unspecified atom stereocenters. The van der Waals surface area contributed by atoms with Crippen LogP contribution in [0.5, 0.6) is 5.75 Å². The summed E-state index contributed by atoms with van der Waals surface area (Å²) in [5.41, 5.74) is 1.26. The van der Waals surface area contributed by atoms with E-state index in [9.17, 15) is 0 Å².